The lowest BCUT2D eigenvalue weighted by Crippen LogP contribution is -2.21. The summed E-state index contributed by atoms with van der Waals surface area (Å²) in [5.41, 5.74) is 3.40. The molecule has 6 nitrogen and oxygen atoms in total. The van der Waals surface area contributed by atoms with Crippen LogP contribution in [0.25, 0.3) is 0 Å². The summed E-state index contributed by atoms with van der Waals surface area (Å²) in [5, 5.41) is 13.7. The van der Waals surface area contributed by atoms with Crippen molar-refractivity contribution in [3.05, 3.63) is 99.6 Å². The maximum Gasteiger partial charge on any atom is 0.272 e. The predicted molar refractivity (Wildman–Crippen MR) is 108 cm³/mol. The third-order valence-electron chi connectivity index (χ3n) is 4.26. The number of ether oxygens (including phenoxy) is 1. The van der Waals surface area contributed by atoms with Crippen molar-refractivity contribution in [3.63, 3.8) is 0 Å². The van der Waals surface area contributed by atoms with Gasteiger partial charge in [-0.05, 0) is 42.7 Å². The summed E-state index contributed by atoms with van der Waals surface area (Å²) in [4.78, 5) is 22.7. The van der Waals surface area contributed by atoms with E-state index in [2.05, 4.69) is 5.32 Å². The van der Waals surface area contributed by atoms with Crippen molar-refractivity contribution in [3.8, 4) is 5.75 Å². The number of anilines is 1. The van der Waals surface area contributed by atoms with Gasteiger partial charge in [-0.15, -0.1) is 0 Å². The molecule has 1 amide bonds. The van der Waals surface area contributed by atoms with Crippen molar-refractivity contribution in [1.82, 2.24) is 0 Å². The van der Waals surface area contributed by atoms with E-state index in [9.17, 15) is 14.9 Å². The summed E-state index contributed by atoms with van der Waals surface area (Å²) in [7, 11) is 0. The normalized spacial score (nSPS) is 10.3. The number of nitrogens with one attached hydrogen (secondary N) is 1. The van der Waals surface area contributed by atoms with Crippen LogP contribution in [0.2, 0.25) is 0 Å². The van der Waals surface area contributed by atoms with Gasteiger partial charge < -0.3 is 10.1 Å². The zero-order valence-electron chi connectivity index (χ0n) is 15.4. The SMILES string of the molecule is Cc1cc(OCC(=O)Nc2ccccc2Cc2ccccc2)ccc1[N+](=O)[O-]. The van der Waals surface area contributed by atoms with Gasteiger partial charge in [0.1, 0.15) is 5.75 Å². The van der Waals surface area contributed by atoms with Gasteiger partial charge in [0.05, 0.1) is 4.92 Å². The summed E-state index contributed by atoms with van der Waals surface area (Å²) in [6, 6.07) is 22.1. The van der Waals surface area contributed by atoms with Gasteiger partial charge in [-0.1, -0.05) is 48.5 Å². The number of rotatable bonds is 7. The first kappa shape index (κ1) is 19.1. The highest BCUT2D eigenvalue weighted by molar-refractivity contribution is 5.92. The number of hydrogen-bond acceptors (Lipinski definition) is 4. The van der Waals surface area contributed by atoms with Crippen molar-refractivity contribution >= 4 is 17.3 Å². The van der Waals surface area contributed by atoms with Crippen LogP contribution in [-0.2, 0) is 11.2 Å². The summed E-state index contributed by atoms with van der Waals surface area (Å²) < 4.78 is 5.48. The maximum atomic E-state index is 12.3. The van der Waals surface area contributed by atoms with Gasteiger partial charge >= 0.3 is 0 Å². The van der Waals surface area contributed by atoms with E-state index in [1.165, 1.54) is 12.1 Å². The minimum Gasteiger partial charge on any atom is -0.484 e. The molecule has 1 N–H and O–H groups in total. The Hall–Kier alpha value is -3.67. The van der Waals surface area contributed by atoms with Crippen molar-refractivity contribution in [1.29, 1.82) is 0 Å². The van der Waals surface area contributed by atoms with Gasteiger partial charge in [0.15, 0.2) is 6.61 Å². The van der Waals surface area contributed by atoms with Gasteiger partial charge in [0, 0.05) is 17.3 Å². The molecule has 3 aromatic carbocycles. The van der Waals surface area contributed by atoms with E-state index in [1.54, 1.807) is 13.0 Å². The van der Waals surface area contributed by atoms with Crippen LogP contribution < -0.4 is 10.1 Å². The molecule has 3 aromatic rings. The Morgan fingerprint density at radius 3 is 2.46 bits per heavy atom. The number of carbonyl (C=O) groups is 1. The smallest absolute Gasteiger partial charge is 0.272 e. The first-order valence-electron chi connectivity index (χ1n) is 8.82. The van der Waals surface area contributed by atoms with Crippen molar-refractivity contribution in [2.75, 3.05) is 11.9 Å². The standard InChI is InChI=1S/C22H20N2O4/c1-16-13-19(11-12-21(16)24(26)27)28-15-22(25)23-20-10-6-5-9-18(20)14-17-7-3-2-4-8-17/h2-13H,14-15H2,1H3,(H,23,25). The second-order valence-corrected chi connectivity index (χ2v) is 6.36. The first-order chi connectivity index (χ1) is 13.5. The van der Waals surface area contributed by atoms with Gasteiger partial charge in [0.2, 0.25) is 0 Å². The minimum absolute atomic E-state index is 0.0200. The van der Waals surface area contributed by atoms with Crippen LogP contribution in [0.4, 0.5) is 11.4 Å². The number of nitro benzene ring substituents is 1. The number of nitro groups is 1. The van der Waals surface area contributed by atoms with Crippen molar-refractivity contribution in [2.45, 2.75) is 13.3 Å². The van der Waals surface area contributed by atoms with Crippen LogP contribution in [0.15, 0.2) is 72.8 Å². The lowest BCUT2D eigenvalue weighted by molar-refractivity contribution is -0.385. The van der Waals surface area contributed by atoms with Crippen LogP contribution in [0, 0.1) is 17.0 Å². The molecule has 0 aliphatic heterocycles. The van der Waals surface area contributed by atoms with Crippen LogP contribution in [0.1, 0.15) is 16.7 Å². The van der Waals surface area contributed by atoms with Crippen molar-refractivity contribution in [2.24, 2.45) is 0 Å². The second kappa shape index (κ2) is 8.81. The fourth-order valence-corrected chi connectivity index (χ4v) is 2.87. The molecule has 0 spiro atoms. The molecular weight excluding hydrogens is 356 g/mol. The third-order valence-corrected chi connectivity index (χ3v) is 4.26. The maximum absolute atomic E-state index is 12.3. The number of hydrogen-bond donors (Lipinski definition) is 1. The number of para-hydroxylation sites is 1. The third kappa shape index (κ3) is 4.94. The molecule has 6 heteroatoms. The molecule has 0 atom stereocenters. The average molecular weight is 376 g/mol. The molecule has 0 aliphatic carbocycles. The van der Waals surface area contributed by atoms with Crippen molar-refractivity contribution < 1.29 is 14.5 Å². The summed E-state index contributed by atoms with van der Waals surface area (Å²) >= 11 is 0. The Bertz CT molecular complexity index is 987. The van der Waals surface area contributed by atoms with Crippen LogP contribution in [-0.4, -0.2) is 17.4 Å². The fourth-order valence-electron chi connectivity index (χ4n) is 2.87. The monoisotopic (exact) mass is 376 g/mol. The summed E-state index contributed by atoms with van der Waals surface area (Å²) in [5.74, 6) is 0.118. The number of nitrogens with zero attached hydrogens (tertiary/aromatic N) is 1. The predicted octanol–water partition coefficient (Wildman–Crippen LogP) is 4.51. The van der Waals surface area contributed by atoms with E-state index < -0.39 is 4.92 Å². The largest absolute Gasteiger partial charge is 0.484 e. The molecule has 0 saturated carbocycles. The Kier molecular flexibility index (Phi) is 6.01. The molecule has 0 fully saturated rings. The van der Waals surface area contributed by atoms with E-state index in [-0.39, 0.29) is 18.2 Å². The van der Waals surface area contributed by atoms with E-state index in [4.69, 9.17) is 4.74 Å². The molecule has 0 unspecified atom stereocenters. The molecule has 0 heterocycles. The summed E-state index contributed by atoms with van der Waals surface area (Å²) in [6.07, 6.45) is 0.708. The Morgan fingerprint density at radius 2 is 1.75 bits per heavy atom. The zero-order chi connectivity index (χ0) is 19.9. The number of amides is 1. The molecule has 0 saturated heterocycles. The van der Waals surface area contributed by atoms with E-state index in [1.807, 2.05) is 54.6 Å². The highest BCUT2D eigenvalue weighted by Gasteiger charge is 2.12. The molecule has 3 rings (SSSR count). The lowest BCUT2D eigenvalue weighted by atomic mass is 10.0. The number of aryl methyl sites for hydroxylation is 1. The molecule has 0 aliphatic rings. The average Bonchev–Trinajstić information content (AvgIpc) is 2.68. The van der Waals surface area contributed by atoms with Gasteiger partial charge in [-0.25, -0.2) is 0 Å². The number of carbonyl (C=O) groups excluding carboxylic acids is 1. The van der Waals surface area contributed by atoms with E-state index in [0.717, 1.165) is 16.8 Å². The quantitative estimate of drug-likeness (QED) is 0.486. The van der Waals surface area contributed by atoms with Crippen LogP contribution in [0.5, 0.6) is 5.75 Å². The molecule has 0 aromatic heterocycles. The van der Waals surface area contributed by atoms with Gasteiger partial charge in [-0.2, -0.15) is 0 Å². The minimum atomic E-state index is -0.449. The fraction of sp³-hybridized carbons (Fsp3) is 0.136. The molecule has 0 bridgehead atoms. The summed E-state index contributed by atoms with van der Waals surface area (Å²) in [6.45, 7) is 1.45. The Balaban J connectivity index is 1.62. The molecule has 0 radical (unpaired) electrons. The second-order valence-electron chi connectivity index (χ2n) is 6.36. The van der Waals surface area contributed by atoms with Crippen LogP contribution in [0.3, 0.4) is 0 Å². The van der Waals surface area contributed by atoms with Crippen LogP contribution >= 0.6 is 0 Å². The van der Waals surface area contributed by atoms with Gasteiger partial charge in [0.25, 0.3) is 11.6 Å². The number of benzene rings is 3. The zero-order valence-corrected chi connectivity index (χ0v) is 15.4. The first-order valence-corrected chi connectivity index (χ1v) is 8.82. The molecular formula is C22H20N2O4. The highest BCUT2D eigenvalue weighted by Crippen LogP contribution is 2.23. The molecule has 142 valence electrons. The van der Waals surface area contributed by atoms with Gasteiger partial charge in [-0.3, -0.25) is 14.9 Å². The van der Waals surface area contributed by atoms with E-state index >= 15 is 0 Å². The molecule has 28 heavy (non-hydrogen) atoms. The Labute approximate surface area is 162 Å². The van der Waals surface area contributed by atoms with E-state index in [0.29, 0.717) is 17.7 Å². The lowest BCUT2D eigenvalue weighted by Gasteiger charge is -2.12. The highest BCUT2D eigenvalue weighted by atomic mass is 16.6. The topological polar surface area (TPSA) is 81.5 Å². The Morgan fingerprint density at radius 1 is 1.04 bits per heavy atom.